The Hall–Kier alpha value is -0.440. The second kappa shape index (κ2) is 7.21. The lowest BCUT2D eigenvalue weighted by molar-refractivity contribution is -0.383. The average Bonchev–Trinajstić information content (AvgIpc) is 2.80. The first-order valence-electron chi connectivity index (χ1n) is 7.05. The van der Waals surface area contributed by atoms with E-state index in [1.807, 2.05) is 0 Å². The molecule has 2 heterocycles. The SMILES string of the molecule is O[14CH2]C1OC(O[C@@]2([14CH2]O)OC([14CH2]O)C(O)C2O)C(O)C(O)C1O. The van der Waals surface area contributed by atoms with Crippen LogP contribution in [-0.2, 0) is 14.2 Å². The summed E-state index contributed by atoms with van der Waals surface area (Å²) in [6, 6.07) is 0. The molecule has 11 heteroatoms. The van der Waals surface area contributed by atoms with Crippen molar-refractivity contribution >= 4 is 0 Å². The minimum atomic E-state index is -2.22. The number of rotatable bonds is 5. The lowest BCUT2D eigenvalue weighted by Gasteiger charge is -2.43. The molecule has 8 N–H and O–H groups in total. The van der Waals surface area contributed by atoms with Crippen LogP contribution < -0.4 is 0 Å². The third-order valence-electron chi connectivity index (χ3n) is 4.07. The van der Waals surface area contributed by atoms with Crippen LogP contribution in [0.2, 0.25) is 0 Å². The largest absolute Gasteiger partial charge is 0.394 e. The molecule has 11 nitrogen and oxygen atoms in total. The maximum atomic E-state index is 10.00. The zero-order valence-electron chi connectivity index (χ0n) is 12.0. The molecule has 2 aliphatic rings. The van der Waals surface area contributed by atoms with Crippen molar-refractivity contribution in [1.82, 2.24) is 0 Å². The Labute approximate surface area is 130 Å². The summed E-state index contributed by atoms with van der Waals surface area (Å²) < 4.78 is 15.4. The van der Waals surface area contributed by atoms with Crippen LogP contribution in [0.4, 0.5) is 0 Å². The molecule has 2 aliphatic heterocycles. The van der Waals surface area contributed by atoms with Gasteiger partial charge in [-0.3, -0.25) is 0 Å². The van der Waals surface area contributed by atoms with Crippen molar-refractivity contribution in [2.75, 3.05) is 19.8 Å². The predicted octanol–water partition coefficient (Wildman–Crippen LogP) is -5.40. The topological polar surface area (TPSA) is 190 Å². The molecule has 23 heavy (non-hydrogen) atoms. The molecule has 136 valence electrons. The summed E-state index contributed by atoms with van der Waals surface area (Å²) in [5.41, 5.74) is 0. The Balaban J connectivity index is 2.18. The van der Waals surface area contributed by atoms with Gasteiger partial charge in [0.15, 0.2) is 6.29 Å². The van der Waals surface area contributed by atoms with Crippen molar-refractivity contribution in [2.45, 2.75) is 54.8 Å². The Morgan fingerprint density at radius 3 is 1.87 bits per heavy atom. The molecular formula is C12H22O11. The van der Waals surface area contributed by atoms with Gasteiger partial charge in [-0.15, -0.1) is 0 Å². The highest BCUT2D eigenvalue weighted by molar-refractivity contribution is 4.98. The predicted molar refractivity (Wildman–Crippen MR) is 68.6 cm³/mol. The summed E-state index contributed by atoms with van der Waals surface area (Å²) in [6.45, 7) is -2.32. The summed E-state index contributed by atoms with van der Waals surface area (Å²) in [5, 5.41) is 76.7. The smallest absolute Gasteiger partial charge is 0.224 e. The van der Waals surface area contributed by atoms with Gasteiger partial charge in [-0.25, -0.2) is 0 Å². The second-order valence-electron chi connectivity index (χ2n) is 5.56. The summed E-state index contributed by atoms with van der Waals surface area (Å²) in [6.07, 6.45) is -12.7. The van der Waals surface area contributed by atoms with Gasteiger partial charge >= 0.3 is 0 Å². The van der Waals surface area contributed by atoms with Gasteiger partial charge in [-0.05, 0) is 0 Å². The highest BCUT2D eigenvalue weighted by Crippen LogP contribution is 2.35. The van der Waals surface area contributed by atoms with Crippen LogP contribution in [0, 0.1) is 0 Å². The Kier molecular flexibility index (Phi) is 5.92. The zero-order chi connectivity index (χ0) is 17.4. The molecule has 9 atom stereocenters. The Morgan fingerprint density at radius 1 is 0.783 bits per heavy atom. The number of hydrogen-bond donors (Lipinski definition) is 8. The fraction of sp³-hybridized carbons (Fsp3) is 1.00. The maximum absolute atomic E-state index is 10.00. The molecule has 0 saturated carbocycles. The molecule has 0 amide bonds. The van der Waals surface area contributed by atoms with Gasteiger partial charge in [0.2, 0.25) is 5.79 Å². The molecule has 2 saturated heterocycles. The fourth-order valence-corrected chi connectivity index (χ4v) is 2.63. The lowest BCUT2D eigenvalue weighted by Crippen LogP contribution is -2.62. The molecule has 0 radical (unpaired) electrons. The summed E-state index contributed by atoms with van der Waals surface area (Å²) in [5.74, 6) is -2.22. The van der Waals surface area contributed by atoms with E-state index in [1.54, 1.807) is 0 Å². The van der Waals surface area contributed by atoms with Crippen LogP contribution in [0.15, 0.2) is 0 Å². The van der Waals surface area contributed by atoms with E-state index in [0.717, 1.165) is 0 Å². The van der Waals surface area contributed by atoms with E-state index >= 15 is 0 Å². The summed E-state index contributed by atoms with van der Waals surface area (Å²) in [4.78, 5) is 0. The highest BCUT2D eigenvalue weighted by atomic mass is 16.8. The number of ether oxygens (including phenoxy) is 3. The van der Waals surface area contributed by atoms with Crippen LogP contribution in [0.5, 0.6) is 0 Å². The van der Waals surface area contributed by atoms with Gasteiger partial charge in [0.05, 0.1) is 13.2 Å². The zero-order valence-corrected chi connectivity index (χ0v) is 12.0. The van der Waals surface area contributed by atoms with Crippen LogP contribution in [-0.4, -0.2) is 115 Å². The van der Waals surface area contributed by atoms with E-state index in [1.165, 1.54) is 0 Å². The van der Waals surface area contributed by atoms with Gasteiger partial charge in [0.1, 0.15) is 49.3 Å². The number of hydrogen-bond acceptors (Lipinski definition) is 11. The van der Waals surface area contributed by atoms with E-state index in [4.69, 9.17) is 24.4 Å². The van der Waals surface area contributed by atoms with Gasteiger partial charge in [-0.1, -0.05) is 0 Å². The van der Waals surface area contributed by atoms with E-state index in [-0.39, 0.29) is 0 Å². The maximum Gasteiger partial charge on any atom is 0.224 e. The average molecular weight is 348 g/mol. The molecular weight excluding hydrogens is 326 g/mol. The molecule has 0 aliphatic carbocycles. The van der Waals surface area contributed by atoms with E-state index in [2.05, 4.69) is 0 Å². The third-order valence-corrected chi connectivity index (χ3v) is 4.07. The van der Waals surface area contributed by atoms with Gasteiger partial charge in [-0.2, -0.15) is 0 Å². The standard InChI is InChI=1S/C12H22O11/c13-1-4-6(16)8(18)9(19)11(21-4)23-12(3-15)10(20)7(17)5(2-14)22-12/h4-11,13-20H,1-3H2/t4?,5?,6?,7?,8?,9?,10?,11?,12-/m1/s1/i1+2,2+2,3+2. The first kappa shape index (κ1) is 18.9. The molecule has 0 bridgehead atoms. The van der Waals surface area contributed by atoms with Crippen LogP contribution >= 0.6 is 0 Å². The highest BCUT2D eigenvalue weighted by Gasteiger charge is 2.58. The van der Waals surface area contributed by atoms with Crippen molar-refractivity contribution in [3.05, 3.63) is 0 Å². The van der Waals surface area contributed by atoms with Crippen molar-refractivity contribution in [2.24, 2.45) is 0 Å². The molecule has 0 aromatic heterocycles. The minimum Gasteiger partial charge on any atom is -0.394 e. The number of aliphatic hydroxyl groups is 8. The summed E-state index contributed by atoms with van der Waals surface area (Å²) in [7, 11) is 0. The van der Waals surface area contributed by atoms with Crippen molar-refractivity contribution in [3.63, 3.8) is 0 Å². The van der Waals surface area contributed by atoms with Crippen LogP contribution in [0.3, 0.4) is 0 Å². The minimum absolute atomic E-state index is 0.669. The van der Waals surface area contributed by atoms with Gasteiger partial charge < -0.3 is 55.1 Å². The van der Waals surface area contributed by atoms with Crippen LogP contribution in [0.1, 0.15) is 0 Å². The second-order valence-corrected chi connectivity index (χ2v) is 5.56. The van der Waals surface area contributed by atoms with Crippen molar-refractivity contribution < 1.29 is 55.1 Å². The van der Waals surface area contributed by atoms with Crippen molar-refractivity contribution in [1.29, 1.82) is 0 Å². The molecule has 0 aromatic rings. The summed E-state index contributed by atoms with van der Waals surface area (Å²) >= 11 is 0. The molecule has 2 fully saturated rings. The third kappa shape index (κ3) is 3.23. The lowest BCUT2D eigenvalue weighted by atomic mass is 10.0. The molecule has 0 spiro atoms. The first-order chi connectivity index (χ1) is 10.8. The van der Waals surface area contributed by atoms with E-state index in [0.29, 0.717) is 0 Å². The van der Waals surface area contributed by atoms with Crippen LogP contribution in [0.25, 0.3) is 0 Å². The Bertz CT molecular complexity index is 393. The quantitative estimate of drug-likeness (QED) is 0.237. The fourth-order valence-electron chi connectivity index (χ4n) is 2.63. The normalized spacial score (nSPS) is 51.1. The van der Waals surface area contributed by atoms with E-state index < -0.39 is 74.6 Å². The monoisotopic (exact) mass is 348 g/mol. The Morgan fingerprint density at radius 2 is 1.39 bits per heavy atom. The molecule has 2 rings (SSSR count). The van der Waals surface area contributed by atoms with E-state index in [9.17, 15) is 30.6 Å². The first-order valence-corrected chi connectivity index (χ1v) is 7.05. The van der Waals surface area contributed by atoms with Gasteiger partial charge in [0.25, 0.3) is 0 Å². The van der Waals surface area contributed by atoms with Gasteiger partial charge in [0, 0.05) is 0 Å². The van der Waals surface area contributed by atoms with Crippen molar-refractivity contribution in [3.8, 4) is 0 Å². The number of aliphatic hydroxyl groups excluding tert-OH is 8. The molecule has 8 unspecified atom stereocenters. The molecule has 0 aromatic carbocycles.